The summed E-state index contributed by atoms with van der Waals surface area (Å²) in [5, 5.41) is 12.1. The van der Waals surface area contributed by atoms with E-state index in [9.17, 15) is 14.7 Å². The smallest absolute Gasteiger partial charge is 0.337 e. The average Bonchev–Trinajstić information content (AvgIpc) is 2.36. The number of hydrogen-bond donors (Lipinski definition) is 3. The van der Waals surface area contributed by atoms with Gasteiger partial charge in [-0.25, -0.2) is 4.79 Å². The highest BCUT2D eigenvalue weighted by Gasteiger charge is 2.21. The molecule has 0 aliphatic heterocycles. The summed E-state index contributed by atoms with van der Waals surface area (Å²) in [6, 6.07) is 2.81. The van der Waals surface area contributed by atoms with Crippen LogP contribution in [0.4, 0.5) is 11.4 Å². The second-order valence-corrected chi connectivity index (χ2v) is 4.58. The number of hydrogen-bond acceptors (Lipinski definition) is 4. The lowest BCUT2D eigenvalue weighted by Gasteiger charge is -2.25. The van der Waals surface area contributed by atoms with Crippen molar-refractivity contribution in [2.24, 2.45) is 0 Å². The molecule has 0 spiro atoms. The van der Waals surface area contributed by atoms with Gasteiger partial charge in [-0.3, -0.25) is 4.79 Å². The van der Waals surface area contributed by atoms with Crippen molar-refractivity contribution < 1.29 is 14.7 Å². The van der Waals surface area contributed by atoms with Gasteiger partial charge in [0.15, 0.2) is 0 Å². The van der Waals surface area contributed by atoms with Gasteiger partial charge in [-0.05, 0) is 26.0 Å². The van der Waals surface area contributed by atoms with E-state index in [0.29, 0.717) is 18.8 Å². The number of carboxylic acids is 1. The summed E-state index contributed by atoms with van der Waals surface area (Å²) in [4.78, 5) is 24.6. The van der Waals surface area contributed by atoms with E-state index >= 15 is 0 Å². The molecule has 1 rings (SSSR count). The quantitative estimate of drug-likeness (QED) is 0.693. The Morgan fingerprint density at radius 2 is 2.05 bits per heavy atom. The van der Waals surface area contributed by atoms with Crippen LogP contribution in [0.5, 0.6) is 0 Å². The van der Waals surface area contributed by atoms with Gasteiger partial charge < -0.3 is 21.1 Å². The second-order valence-electron chi connectivity index (χ2n) is 4.17. The Hall–Kier alpha value is -1.95. The molecule has 0 heterocycles. The van der Waals surface area contributed by atoms with Crippen molar-refractivity contribution in [1.29, 1.82) is 0 Å². The maximum absolute atomic E-state index is 11.7. The third-order valence-electron chi connectivity index (χ3n) is 2.72. The number of aromatic carboxylic acids is 1. The van der Waals surface area contributed by atoms with Gasteiger partial charge in [0.05, 0.1) is 22.8 Å². The monoisotopic (exact) mass is 299 g/mol. The zero-order valence-electron chi connectivity index (χ0n) is 11.4. The molecule has 0 bridgehead atoms. The highest BCUT2D eigenvalue weighted by molar-refractivity contribution is 6.34. The summed E-state index contributed by atoms with van der Waals surface area (Å²) >= 11 is 6.10. The van der Waals surface area contributed by atoms with Crippen molar-refractivity contribution >= 4 is 34.9 Å². The van der Waals surface area contributed by atoms with Crippen LogP contribution in [0.2, 0.25) is 5.02 Å². The third-order valence-corrected chi connectivity index (χ3v) is 3.01. The number of halogens is 1. The predicted octanol–water partition coefficient (Wildman–Crippen LogP) is 1.58. The van der Waals surface area contributed by atoms with Gasteiger partial charge in [0.1, 0.15) is 0 Å². The molecule has 1 aromatic carbocycles. The summed E-state index contributed by atoms with van der Waals surface area (Å²) in [6.45, 7) is 4.62. The van der Waals surface area contributed by atoms with Crippen LogP contribution < -0.4 is 16.0 Å². The van der Waals surface area contributed by atoms with Crippen molar-refractivity contribution in [3.05, 3.63) is 22.7 Å². The molecule has 0 aromatic heterocycles. The number of nitrogen functional groups attached to an aromatic ring is 1. The first-order valence-corrected chi connectivity index (χ1v) is 6.62. The van der Waals surface area contributed by atoms with Gasteiger partial charge in [0.2, 0.25) is 5.91 Å². The van der Waals surface area contributed by atoms with Crippen molar-refractivity contribution in [3.8, 4) is 0 Å². The van der Waals surface area contributed by atoms with Gasteiger partial charge >= 0.3 is 5.97 Å². The first-order chi connectivity index (χ1) is 9.40. The van der Waals surface area contributed by atoms with Crippen LogP contribution in [0.3, 0.4) is 0 Å². The Labute approximate surface area is 122 Å². The van der Waals surface area contributed by atoms with Crippen LogP contribution in [0.25, 0.3) is 0 Å². The fourth-order valence-electron chi connectivity index (χ4n) is 1.88. The lowest BCUT2D eigenvalue weighted by atomic mass is 10.1. The molecule has 4 N–H and O–H groups in total. The number of benzene rings is 1. The highest BCUT2D eigenvalue weighted by atomic mass is 35.5. The Morgan fingerprint density at radius 1 is 1.40 bits per heavy atom. The number of rotatable bonds is 6. The van der Waals surface area contributed by atoms with Gasteiger partial charge in [-0.2, -0.15) is 0 Å². The minimum absolute atomic E-state index is 0.0128. The van der Waals surface area contributed by atoms with Crippen molar-refractivity contribution in [2.75, 3.05) is 30.3 Å². The van der Waals surface area contributed by atoms with Gasteiger partial charge in [0.25, 0.3) is 0 Å². The molecule has 7 heteroatoms. The topological polar surface area (TPSA) is 95.7 Å². The number of nitrogens with two attached hydrogens (primary N) is 1. The van der Waals surface area contributed by atoms with Crippen molar-refractivity contribution in [1.82, 2.24) is 5.32 Å². The summed E-state index contributed by atoms with van der Waals surface area (Å²) in [6.07, 6.45) is 0. The van der Waals surface area contributed by atoms with Crippen LogP contribution in [-0.4, -0.2) is 36.6 Å². The molecular weight excluding hydrogens is 282 g/mol. The zero-order valence-corrected chi connectivity index (χ0v) is 12.2. The lowest BCUT2D eigenvalue weighted by Crippen LogP contribution is -2.38. The van der Waals surface area contributed by atoms with E-state index in [4.69, 9.17) is 17.3 Å². The summed E-state index contributed by atoms with van der Waals surface area (Å²) in [5.74, 6) is -1.33. The van der Waals surface area contributed by atoms with E-state index in [-0.39, 0.29) is 28.7 Å². The molecular formula is C13H18ClN3O3. The number of nitrogens with zero attached hydrogens (tertiary/aromatic N) is 1. The molecule has 0 radical (unpaired) electrons. The van der Waals surface area contributed by atoms with Gasteiger partial charge in [-0.1, -0.05) is 11.6 Å². The molecule has 6 nitrogen and oxygen atoms in total. The number of carboxylic acid groups (broad SMARTS) is 1. The fraction of sp³-hybridized carbons (Fsp3) is 0.385. The Kier molecular flexibility index (Phi) is 5.64. The summed E-state index contributed by atoms with van der Waals surface area (Å²) in [5.41, 5.74) is 6.17. The molecule has 0 aliphatic carbocycles. The molecule has 1 amide bonds. The molecule has 110 valence electrons. The maximum atomic E-state index is 11.7. The van der Waals surface area contributed by atoms with Crippen LogP contribution in [0.1, 0.15) is 24.2 Å². The van der Waals surface area contributed by atoms with Crippen LogP contribution in [0, 0.1) is 0 Å². The van der Waals surface area contributed by atoms with E-state index in [1.165, 1.54) is 12.1 Å². The van der Waals surface area contributed by atoms with Crippen molar-refractivity contribution in [3.63, 3.8) is 0 Å². The maximum Gasteiger partial charge on any atom is 0.337 e. The van der Waals surface area contributed by atoms with Crippen LogP contribution in [-0.2, 0) is 4.79 Å². The summed E-state index contributed by atoms with van der Waals surface area (Å²) in [7, 11) is 0. The number of carbonyl (C=O) groups is 2. The average molecular weight is 300 g/mol. The number of carbonyl (C=O) groups excluding carboxylic acids is 1. The molecule has 0 saturated carbocycles. The Balaban J connectivity index is 3.20. The van der Waals surface area contributed by atoms with Crippen LogP contribution in [0.15, 0.2) is 12.1 Å². The van der Waals surface area contributed by atoms with Crippen molar-refractivity contribution in [2.45, 2.75) is 13.8 Å². The lowest BCUT2D eigenvalue weighted by molar-refractivity contribution is -0.119. The van der Waals surface area contributed by atoms with Gasteiger partial charge in [0, 0.05) is 18.8 Å². The SMILES string of the molecule is CCNC(=O)CN(CC)c1c(Cl)cc(N)cc1C(=O)O. The van der Waals surface area contributed by atoms with Crippen LogP contribution >= 0.6 is 11.6 Å². The Morgan fingerprint density at radius 3 is 2.55 bits per heavy atom. The van der Waals surface area contributed by atoms with E-state index in [1.54, 1.807) is 4.90 Å². The fourth-order valence-corrected chi connectivity index (χ4v) is 2.23. The Bertz CT molecular complexity index is 520. The summed E-state index contributed by atoms with van der Waals surface area (Å²) < 4.78 is 0. The first kappa shape index (κ1) is 16.1. The minimum atomic E-state index is -1.14. The molecule has 1 aromatic rings. The second kappa shape index (κ2) is 7.00. The van der Waals surface area contributed by atoms with E-state index < -0.39 is 5.97 Å². The molecule has 0 atom stereocenters. The largest absolute Gasteiger partial charge is 0.478 e. The van der Waals surface area contributed by atoms with Gasteiger partial charge in [-0.15, -0.1) is 0 Å². The molecule has 0 saturated heterocycles. The third kappa shape index (κ3) is 3.77. The number of amides is 1. The number of likely N-dealkylation sites (N-methyl/N-ethyl adjacent to an activating group) is 2. The van der Waals surface area contributed by atoms with E-state index in [2.05, 4.69) is 5.32 Å². The van der Waals surface area contributed by atoms with E-state index in [0.717, 1.165) is 0 Å². The molecule has 20 heavy (non-hydrogen) atoms. The predicted molar refractivity (Wildman–Crippen MR) is 79.4 cm³/mol. The molecule has 0 fully saturated rings. The minimum Gasteiger partial charge on any atom is -0.478 e. The highest BCUT2D eigenvalue weighted by Crippen LogP contribution is 2.32. The number of anilines is 2. The standard InChI is InChI=1S/C13H18ClN3O3/c1-3-16-11(18)7-17(4-2)12-9(13(19)20)5-8(15)6-10(12)14/h5-6H,3-4,7,15H2,1-2H3,(H,16,18)(H,19,20). The van der Waals surface area contributed by atoms with E-state index in [1.807, 2.05) is 13.8 Å². The molecule has 0 unspecified atom stereocenters. The first-order valence-electron chi connectivity index (χ1n) is 6.24. The zero-order chi connectivity index (χ0) is 15.3. The molecule has 0 aliphatic rings. The normalized spacial score (nSPS) is 10.2. The number of nitrogens with one attached hydrogen (secondary N) is 1.